The number of thiophene rings is 1. The molecule has 86 valence electrons. The van der Waals surface area contributed by atoms with Crippen LogP contribution in [0.2, 0.25) is 0 Å². The molecule has 0 saturated carbocycles. The van der Waals surface area contributed by atoms with Gasteiger partial charge in [0.1, 0.15) is 5.01 Å². The van der Waals surface area contributed by atoms with Gasteiger partial charge in [-0.3, -0.25) is 0 Å². The minimum Gasteiger partial charge on any atom is -0.349 e. The van der Waals surface area contributed by atoms with Crippen molar-refractivity contribution in [3.8, 4) is 21.3 Å². The SMILES string of the molecule is Cc1ccsc1-c1nc(-c2cccn2C)cs1. The molecule has 3 rings (SSSR count). The summed E-state index contributed by atoms with van der Waals surface area (Å²) in [6, 6.07) is 6.29. The van der Waals surface area contributed by atoms with E-state index in [1.54, 1.807) is 22.7 Å². The van der Waals surface area contributed by atoms with Crippen LogP contribution < -0.4 is 0 Å². The van der Waals surface area contributed by atoms with Crippen molar-refractivity contribution in [1.82, 2.24) is 9.55 Å². The normalized spacial score (nSPS) is 10.9. The van der Waals surface area contributed by atoms with Gasteiger partial charge in [-0.2, -0.15) is 0 Å². The Labute approximate surface area is 108 Å². The molecule has 0 radical (unpaired) electrons. The molecule has 0 fully saturated rings. The first-order valence-corrected chi connectivity index (χ1v) is 7.13. The summed E-state index contributed by atoms with van der Waals surface area (Å²) in [6.45, 7) is 2.13. The van der Waals surface area contributed by atoms with Crippen LogP contribution in [0.3, 0.4) is 0 Å². The molecule has 0 amide bonds. The van der Waals surface area contributed by atoms with E-state index in [4.69, 9.17) is 4.98 Å². The van der Waals surface area contributed by atoms with Gasteiger partial charge in [0.25, 0.3) is 0 Å². The first kappa shape index (κ1) is 10.7. The topological polar surface area (TPSA) is 17.8 Å². The second kappa shape index (κ2) is 4.13. The number of rotatable bonds is 2. The van der Waals surface area contributed by atoms with Crippen molar-refractivity contribution in [3.63, 3.8) is 0 Å². The third kappa shape index (κ3) is 1.83. The molecule has 0 bridgehead atoms. The second-order valence-electron chi connectivity index (χ2n) is 3.97. The van der Waals surface area contributed by atoms with Crippen LogP contribution in [-0.4, -0.2) is 9.55 Å². The third-order valence-electron chi connectivity index (χ3n) is 2.77. The first-order chi connectivity index (χ1) is 8.25. The molecule has 0 unspecified atom stereocenters. The number of nitrogens with zero attached hydrogens (tertiary/aromatic N) is 2. The lowest BCUT2D eigenvalue weighted by Gasteiger charge is -1.98. The van der Waals surface area contributed by atoms with Gasteiger partial charge in [-0.15, -0.1) is 22.7 Å². The molecule has 0 aliphatic heterocycles. The molecule has 3 heterocycles. The van der Waals surface area contributed by atoms with Gasteiger partial charge < -0.3 is 4.57 Å². The maximum Gasteiger partial charge on any atom is 0.134 e. The number of hydrogen-bond donors (Lipinski definition) is 0. The molecular weight excluding hydrogens is 248 g/mol. The van der Waals surface area contributed by atoms with E-state index in [2.05, 4.69) is 34.4 Å². The fourth-order valence-corrected chi connectivity index (χ4v) is 3.73. The summed E-state index contributed by atoms with van der Waals surface area (Å²) in [5, 5.41) is 5.37. The Morgan fingerprint density at radius 1 is 1.24 bits per heavy atom. The minimum absolute atomic E-state index is 1.06. The summed E-state index contributed by atoms with van der Waals surface area (Å²) in [7, 11) is 2.05. The van der Waals surface area contributed by atoms with E-state index >= 15 is 0 Å². The highest BCUT2D eigenvalue weighted by molar-refractivity contribution is 7.20. The summed E-state index contributed by atoms with van der Waals surface area (Å²) in [4.78, 5) is 6.01. The van der Waals surface area contributed by atoms with Gasteiger partial charge in [0, 0.05) is 18.6 Å². The van der Waals surface area contributed by atoms with Crippen LogP contribution in [0.15, 0.2) is 35.2 Å². The van der Waals surface area contributed by atoms with Crippen LogP contribution in [0.25, 0.3) is 21.3 Å². The lowest BCUT2D eigenvalue weighted by atomic mass is 10.3. The predicted octanol–water partition coefficient (Wildman–Crippen LogP) is 4.19. The van der Waals surface area contributed by atoms with Crippen molar-refractivity contribution in [2.75, 3.05) is 0 Å². The molecule has 0 saturated heterocycles. The molecular formula is C13H12N2S2. The fourth-order valence-electron chi connectivity index (χ4n) is 1.81. The zero-order valence-corrected chi connectivity index (χ0v) is 11.3. The van der Waals surface area contributed by atoms with Crippen LogP contribution >= 0.6 is 22.7 Å². The van der Waals surface area contributed by atoms with Crippen molar-refractivity contribution in [2.24, 2.45) is 7.05 Å². The van der Waals surface area contributed by atoms with Crippen molar-refractivity contribution in [2.45, 2.75) is 6.92 Å². The molecule has 2 nitrogen and oxygen atoms in total. The van der Waals surface area contributed by atoms with E-state index in [9.17, 15) is 0 Å². The highest BCUT2D eigenvalue weighted by Crippen LogP contribution is 2.33. The Balaban J connectivity index is 2.05. The average molecular weight is 260 g/mol. The monoisotopic (exact) mass is 260 g/mol. The highest BCUT2D eigenvalue weighted by Gasteiger charge is 2.11. The molecule has 0 aliphatic rings. The van der Waals surface area contributed by atoms with Crippen LogP contribution in [-0.2, 0) is 7.05 Å². The Morgan fingerprint density at radius 3 is 2.76 bits per heavy atom. The summed E-state index contributed by atoms with van der Waals surface area (Å²) in [5.41, 5.74) is 3.54. The van der Waals surface area contributed by atoms with Crippen LogP contribution in [0.5, 0.6) is 0 Å². The van der Waals surface area contributed by atoms with Crippen LogP contribution in [0.4, 0.5) is 0 Å². The van der Waals surface area contributed by atoms with Gasteiger partial charge in [-0.1, -0.05) is 0 Å². The smallest absolute Gasteiger partial charge is 0.134 e. The van der Waals surface area contributed by atoms with Crippen molar-refractivity contribution in [3.05, 3.63) is 40.7 Å². The molecule has 0 atom stereocenters. The molecule has 0 N–H and O–H groups in total. The lowest BCUT2D eigenvalue weighted by Crippen LogP contribution is -1.89. The molecule has 0 aliphatic carbocycles. The molecule has 3 aromatic rings. The van der Waals surface area contributed by atoms with E-state index in [0.29, 0.717) is 0 Å². The summed E-state index contributed by atoms with van der Waals surface area (Å²) in [6.07, 6.45) is 2.05. The third-order valence-corrected chi connectivity index (χ3v) is 4.78. The predicted molar refractivity (Wildman–Crippen MR) is 74.6 cm³/mol. The molecule has 3 aromatic heterocycles. The Hall–Kier alpha value is -1.39. The van der Waals surface area contributed by atoms with Gasteiger partial charge in [0.2, 0.25) is 0 Å². The van der Waals surface area contributed by atoms with Gasteiger partial charge in [0.15, 0.2) is 0 Å². The Kier molecular flexibility index (Phi) is 2.61. The summed E-state index contributed by atoms with van der Waals surface area (Å²) >= 11 is 3.47. The fraction of sp³-hybridized carbons (Fsp3) is 0.154. The van der Waals surface area contributed by atoms with Crippen LogP contribution in [0, 0.1) is 6.92 Å². The van der Waals surface area contributed by atoms with Crippen molar-refractivity contribution in [1.29, 1.82) is 0 Å². The maximum atomic E-state index is 4.72. The van der Waals surface area contributed by atoms with E-state index in [0.717, 1.165) is 10.7 Å². The molecule has 0 spiro atoms. The van der Waals surface area contributed by atoms with Gasteiger partial charge in [-0.05, 0) is 36.1 Å². The molecule has 0 aromatic carbocycles. The lowest BCUT2D eigenvalue weighted by molar-refractivity contribution is 0.933. The Morgan fingerprint density at radius 2 is 2.12 bits per heavy atom. The summed E-state index contributed by atoms with van der Waals surface area (Å²) < 4.78 is 2.10. The van der Waals surface area contributed by atoms with E-state index in [1.807, 2.05) is 19.3 Å². The van der Waals surface area contributed by atoms with Crippen LogP contribution in [0.1, 0.15) is 5.56 Å². The van der Waals surface area contributed by atoms with Crippen molar-refractivity contribution < 1.29 is 0 Å². The van der Waals surface area contributed by atoms with Gasteiger partial charge >= 0.3 is 0 Å². The molecule has 4 heteroatoms. The minimum atomic E-state index is 1.06. The van der Waals surface area contributed by atoms with Gasteiger partial charge in [-0.25, -0.2) is 4.98 Å². The van der Waals surface area contributed by atoms with E-state index in [-0.39, 0.29) is 0 Å². The largest absolute Gasteiger partial charge is 0.349 e. The maximum absolute atomic E-state index is 4.72. The zero-order valence-electron chi connectivity index (χ0n) is 9.68. The number of hydrogen-bond acceptors (Lipinski definition) is 3. The average Bonchev–Trinajstić information content (AvgIpc) is 2.97. The van der Waals surface area contributed by atoms with E-state index in [1.165, 1.54) is 16.1 Å². The van der Waals surface area contributed by atoms with E-state index < -0.39 is 0 Å². The van der Waals surface area contributed by atoms with Gasteiger partial charge in [0.05, 0.1) is 16.3 Å². The summed E-state index contributed by atoms with van der Waals surface area (Å²) in [5.74, 6) is 0. The standard InChI is InChI=1S/C13H12N2S2/c1-9-5-7-16-12(9)13-14-10(8-17-13)11-4-3-6-15(11)2/h3-8H,1-2H3. The number of aryl methyl sites for hydroxylation is 2. The quantitative estimate of drug-likeness (QED) is 0.675. The zero-order chi connectivity index (χ0) is 11.8. The molecule has 17 heavy (non-hydrogen) atoms. The second-order valence-corrected chi connectivity index (χ2v) is 5.75. The first-order valence-electron chi connectivity index (χ1n) is 5.37. The number of aromatic nitrogens is 2. The highest BCUT2D eigenvalue weighted by atomic mass is 32.1. The van der Waals surface area contributed by atoms with Crippen molar-refractivity contribution >= 4 is 22.7 Å². The number of thiazole rings is 1. The Bertz CT molecular complexity index is 591.